The van der Waals surface area contributed by atoms with Crippen LogP contribution in [0.1, 0.15) is 38.5 Å². The lowest BCUT2D eigenvalue weighted by atomic mass is 10.1. The van der Waals surface area contributed by atoms with Crippen LogP contribution in [0.3, 0.4) is 0 Å². The molecule has 0 unspecified atom stereocenters. The van der Waals surface area contributed by atoms with Crippen molar-refractivity contribution in [3.63, 3.8) is 0 Å². The van der Waals surface area contributed by atoms with Crippen LogP contribution in [0.25, 0.3) is 0 Å². The molecule has 1 saturated heterocycles. The second-order valence-electron chi connectivity index (χ2n) is 5.40. The molecular formula is C16H24ClNSi. The van der Waals surface area contributed by atoms with Crippen molar-refractivity contribution < 1.29 is 0 Å². The Hall–Kier alpha value is -0.313. The van der Waals surface area contributed by atoms with E-state index in [9.17, 15) is 0 Å². The zero-order chi connectivity index (χ0) is 13.3. The van der Waals surface area contributed by atoms with Gasteiger partial charge in [-0.2, -0.15) is 0 Å². The van der Waals surface area contributed by atoms with Gasteiger partial charge in [0.15, 0.2) is 0 Å². The summed E-state index contributed by atoms with van der Waals surface area (Å²) in [5.41, 5.74) is 0. The highest BCUT2D eigenvalue weighted by Gasteiger charge is 2.08. The highest BCUT2D eigenvalue weighted by molar-refractivity contribution is 6.53. The van der Waals surface area contributed by atoms with Crippen LogP contribution < -0.4 is 5.19 Å². The molecule has 1 nitrogen and oxygen atoms in total. The van der Waals surface area contributed by atoms with Crippen molar-refractivity contribution in [2.24, 2.45) is 0 Å². The second-order valence-corrected chi connectivity index (χ2v) is 7.26. The summed E-state index contributed by atoms with van der Waals surface area (Å²) in [5.74, 6) is 0. The molecule has 0 saturated carbocycles. The summed E-state index contributed by atoms with van der Waals surface area (Å²) in [6, 6.07) is 9.66. The molecule has 0 spiro atoms. The predicted octanol–water partition coefficient (Wildman–Crippen LogP) is 3.74. The fourth-order valence-electron chi connectivity index (χ4n) is 2.62. The first-order chi connectivity index (χ1) is 9.34. The molecule has 3 heteroatoms. The van der Waals surface area contributed by atoms with E-state index in [4.69, 9.17) is 11.6 Å². The van der Waals surface area contributed by atoms with E-state index in [1.807, 2.05) is 12.1 Å². The van der Waals surface area contributed by atoms with Gasteiger partial charge in [-0.1, -0.05) is 54.2 Å². The zero-order valence-corrected chi connectivity index (χ0v) is 13.5. The summed E-state index contributed by atoms with van der Waals surface area (Å²) in [7, 11) is 0.946. The van der Waals surface area contributed by atoms with E-state index in [2.05, 4.69) is 17.0 Å². The van der Waals surface area contributed by atoms with E-state index in [1.54, 1.807) is 0 Å². The van der Waals surface area contributed by atoms with Gasteiger partial charge in [-0.25, -0.2) is 0 Å². The SMILES string of the molecule is Clc1ccc([Si]CCCCCN2CCCCC2)cc1. The summed E-state index contributed by atoms with van der Waals surface area (Å²) in [6.07, 6.45) is 8.41. The summed E-state index contributed by atoms with van der Waals surface area (Å²) in [6.45, 7) is 4.00. The monoisotopic (exact) mass is 293 g/mol. The van der Waals surface area contributed by atoms with Crippen LogP contribution in [-0.4, -0.2) is 34.1 Å². The number of benzene rings is 1. The third-order valence-corrected chi connectivity index (χ3v) is 5.37. The van der Waals surface area contributed by atoms with Crippen molar-refractivity contribution in [3.05, 3.63) is 29.3 Å². The summed E-state index contributed by atoms with van der Waals surface area (Å²) in [5, 5.41) is 2.29. The van der Waals surface area contributed by atoms with Crippen LogP contribution in [0.5, 0.6) is 0 Å². The van der Waals surface area contributed by atoms with Gasteiger partial charge in [-0.05, 0) is 51.0 Å². The van der Waals surface area contributed by atoms with Crippen molar-refractivity contribution in [2.45, 2.75) is 44.6 Å². The van der Waals surface area contributed by atoms with E-state index in [1.165, 1.54) is 69.4 Å². The molecule has 0 N–H and O–H groups in total. The minimum Gasteiger partial charge on any atom is -0.303 e. The van der Waals surface area contributed by atoms with Crippen LogP contribution in [0.4, 0.5) is 0 Å². The maximum absolute atomic E-state index is 5.89. The van der Waals surface area contributed by atoms with Crippen LogP contribution in [0.2, 0.25) is 11.1 Å². The molecular weight excluding hydrogens is 270 g/mol. The first kappa shape index (κ1) is 15.1. The van der Waals surface area contributed by atoms with Gasteiger partial charge in [0.05, 0.1) is 9.52 Å². The molecule has 1 fully saturated rings. The Morgan fingerprint density at radius 3 is 2.42 bits per heavy atom. The second kappa shape index (κ2) is 8.78. The minimum absolute atomic E-state index is 0.843. The van der Waals surface area contributed by atoms with E-state index in [-0.39, 0.29) is 0 Å². The van der Waals surface area contributed by atoms with Crippen LogP contribution in [0.15, 0.2) is 24.3 Å². The summed E-state index contributed by atoms with van der Waals surface area (Å²) < 4.78 is 0. The molecule has 0 aromatic heterocycles. The Kier molecular flexibility index (Phi) is 6.97. The molecule has 2 radical (unpaired) electrons. The van der Waals surface area contributed by atoms with Crippen molar-refractivity contribution in [2.75, 3.05) is 19.6 Å². The quantitative estimate of drug-likeness (QED) is 0.547. The Labute approximate surface area is 125 Å². The fourth-order valence-corrected chi connectivity index (χ4v) is 3.86. The molecule has 1 aromatic carbocycles. The standard InChI is InChI=1S/C16H24ClNSi/c17-15-7-9-16(10-8-15)19-14-6-2-5-13-18-11-3-1-4-12-18/h7-10H,1-6,11-14H2. The lowest BCUT2D eigenvalue weighted by Crippen LogP contribution is -2.30. The minimum atomic E-state index is 0.843. The lowest BCUT2D eigenvalue weighted by Gasteiger charge is -2.26. The van der Waals surface area contributed by atoms with Crippen LogP contribution in [-0.2, 0) is 0 Å². The van der Waals surface area contributed by atoms with Gasteiger partial charge < -0.3 is 4.90 Å². The summed E-state index contributed by atoms with van der Waals surface area (Å²) in [4.78, 5) is 2.64. The number of likely N-dealkylation sites (tertiary alicyclic amines) is 1. The van der Waals surface area contributed by atoms with E-state index >= 15 is 0 Å². The molecule has 0 atom stereocenters. The maximum Gasteiger partial charge on any atom is 0.0807 e. The van der Waals surface area contributed by atoms with Crippen molar-refractivity contribution >= 4 is 26.3 Å². The average Bonchev–Trinajstić information content (AvgIpc) is 2.46. The number of hydrogen-bond donors (Lipinski definition) is 0. The molecule has 2 rings (SSSR count). The lowest BCUT2D eigenvalue weighted by molar-refractivity contribution is 0.224. The predicted molar refractivity (Wildman–Crippen MR) is 85.8 cm³/mol. The average molecular weight is 294 g/mol. The zero-order valence-electron chi connectivity index (χ0n) is 11.7. The van der Waals surface area contributed by atoms with Gasteiger partial charge in [0.25, 0.3) is 0 Å². The van der Waals surface area contributed by atoms with Crippen LogP contribution >= 0.6 is 11.6 Å². The highest BCUT2D eigenvalue weighted by atomic mass is 35.5. The number of piperidine rings is 1. The number of unbranched alkanes of at least 4 members (excludes halogenated alkanes) is 2. The van der Waals surface area contributed by atoms with Gasteiger partial charge in [0.2, 0.25) is 0 Å². The van der Waals surface area contributed by atoms with Gasteiger partial charge in [-0.3, -0.25) is 0 Å². The Morgan fingerprint density at radius 1 is 0.947 bits per heavy atom. The van der Waals surface area contributed by atoms with E-state index in [0.29, 0.717) is 0 Å². The Bertz CT molecular complexity index is 346. The molecule has 1 heterocycles. The third-order valence-electron chi connectivity index (χ3n) is 3.77. The normalized spacial score (nSPS) is 16.7. The molecule has 0 amide bonds. The molecule has 104 valence electrons. The topological polar surface area (TPSA) is 3.24 Å². The van der Waals surface area contributed by atoms with Gasteiger partial charge in [0.1, 0.15) is 0 Å². The van der Waals surface area contributed by atoms with Gasteiger partial charge >= 0.3 is 0 Å². The Morgan fingerprint density at radius 2 is 1.68 bits per heavy atom. The third kappa shape index (κ3) is 6.11. The number of halogens is 1. The number of rotatable bonds is 7. The van der Waals surface area contributed by atoms with Crippen molar-refractivity contribution in [1.29, 1.82) is 0 Å². The number of hydrogen-bond acceptors (Lipinski definition) is 1. The largest absolute Gasteiger partial charge is 0.303 e. The molecule has 19 heavy (non-hydrogen) atoms. The van der Waals surface area contributed by atoms with Crippen molar-refractivity contribution in [3.8, 4) is 0 Å². The highest BCUT2D eigenvalue weighted by Crippen LogP contribution is 2.10. The first-order valence-electron chi connectivity index (χ1n) is 7.56. The van der Waals surface area contributed by atoms with E-state index < -0.39 is 0 Å². The van der Waals surface area contributed by atoms with Gasteiger partial charge in [-0.15, -0.1) is 0 Å². The summed E-state index contributed by atoms with van der Waals surface area (Å²) >= 11 is 5.89. The van der Waals surface area contributed by atoms with Gasteiger partial charge in [0, 0.05) is 5.02 Å². The molecule has 1 aliphatic rings. The maximum atomic E-state index is 5.89. The van der Waals surface area contributed by atoms with E-state index in [0.717, 1.165) is 14.5 Å². The molecule has 1 aromatic rings. The molecule has 1 aliphatic heterocycles. The van der Waals surface area contributed by atoms with Crippen molar-refractivity contribution in [1.82, 2.24) is 4.90 Å². The Balaban J connectivity index is 1.49. The first-order valence-corrected chi connectivity index (χ1v) is 9.15. The molecule has 0 bridgehead atoms. The molecule has 0 aliphatic carbocycles. The fraction of sp³-hybridized carbons (Fsp3) is 0.625. The number of nitrogens with zero attached hydrogens (tertiary/aromatic N) is 1. The smallest absolute Gasteiger partial charge is 0.0807 e. The van der Waals surface area contributed by atoms with Crippen LogP contribution in [0, 0.1) is 0 Å².